The Hall–Kier alpha value is -2.11. The number of halogens is 3. The molecule has 2 fully saturated rings. The Kier molecular flexibility index (Phi) is 6.92. The van der Waals surface area contributed by atoms with E-state index < -0.39 is 46.8 Å². The highest BCUT2D eigenvalue weighted by Gasteiger charge is 2.56. The number of ether oxygens (including phenoxy) is 3. The number of aliphatic imine (C=N–C) groups is 1. The van der Waals surface area contributed by atoms with Crippen molar-refractivity contribution in [3.63, 3.8) is 0 Å². The predicted molar refractivity (Wildman–Crippen MR) is 115 cm³/mol. The molecule has 1 N–H and O–H groups in total. The number of carbonyl (C=O) groups is 2. The van der Waals surface area contributed by atoms with Crippen LogP contribution in [0.2, 0.25) is 0 Å². The van der Waals surface area contributed by atoms with Crippen LogP contribution in [-0.2, 0) is 24.5 Å². The van der Waals surface area contributed by atoms with Crippen LogP contribution in [0.3, 0.4) is 0 Å². The summed E-state index contributed by atoms with van der Waals surface area (Å²) in [6.45, 7) is 5.16. The van der Waals surface area contributed by atoms with Crippen LogP contribution in [0.1, 0.15) is 32.8 Å². The summed E-state index contributed by atoms with van der Waals surface area (Å²) in [7, 11) is 2.97. The Labute approximate surface area is 193 Å². The first-order valence-electron chi connectivity index (χ1n) is 10.0. The zero-order valence-corrected chi connectivity index (χ0v) is 20.1. The van der Waals surface area contributed by atoms with Crippen LogP contribution in [0, 0.1) is 17.6 Å². The molecule has 2 heterocycles. The fourth-order valence-corrected chi connectivity index (χ4v) is 4.26. The van der Waals surface area contributed by atoms with E-state index in [0.29, 0.717) is 0 Å². The Morgan fingerprint density at radius 3 is 2.69 bits per heavy atom. The van der Waals surface area contributed by atoms with Gasteiger partial charge in [0.15, 0.2) is 0 Å². The van der Waals surface area contributed by atoms with E-state index in [1.54, 1.807) is 20.8 Å². The van der Waals surface area contributed by atoms with Crippen LogP contribution in [0.4, 0.5) is 13.6 Å². The van der Waals surface area contributed by atoms with Crippen molar-refractivity contribution in [1.29, 1.82) is 0 Å². The first-order valence-corrected chi connectivity index (χ1v) is 10.8. The van der Waals surface area contributed by atoms with Crippen LogP contribution in [-0.4, -0.2) is 61.9 Å². The molecule has 32 heavy (non-hydrogen) atoms. The normalized spacial score (nSPS) is 27.2. The van der Waals surface area contributed by atoms with Gasteiger partial charge in [-0.15, -0.1) is 4.99 Å². The van der Waals surface area contributed by atoms with E-state index in [9.17, 15) is 14.0 Å². The molecule has 2 aliphatic rings. The monoisotopic (exact) mass is 517 g/mol. The Balaban J connectivity index is 2.10. The fourth-order valence-electron chi connectivity index (χ4n) is 3.91. The number of methoxy groups -OCH3 is 1. The second-order valence-corrected chi connectivity index (χ2v) is 9.69. The lowest BCUT2D eigenvalue weighted by atomic mass is 9.72. The van der Waals surface area contributed by atoms with E-state index in [-0.39, 0.29) is 35.6 Å². The van der Waals surface area contributed by atoms with Crippen molar-refractivity contribution in [2.75, 3.05) is 27.4 Å². The maximum atomic E-state index is 15.0. The van der Waals surface area contributed by atoms with Gasteiger partial charge in [0, 0.05) is 25.8 Å². The molecule has 2 aliphatic heterocycles. The largest absolute Gasteiger partial charge is 0.442 e. The van der Waals surface area contributed by atoms with Crippen LogP contribution in [0.5, 0.6) is 0 Å². The molecule has 0 radical (unpaired) electrons. The van der Waals surface area contributed by atoms with Crippen molar-refractivity contribution in [1.82, 2.24) is 10.2 Å². The van der Waals surface area contributed by atoms with Crippen LogP contribution in [0.25, 0.3) is 0 Å². The van der Waals surface area contributed by atoms with Gasteiger partial charge >= 0.3 is 6.09 Å². The first-order chi connectivity index (χ1) is 14.9. The molecule has 3 atom stereocenters. The van der Waals surface area contributed by atoms with Crippen molar-refractivity contribution in [2.45, 2.75) is 44.4 Å². The lowest BCUT2D eigenvalue weighted by molar-refractivity contribution is -0.152. The van der Waals surface area contributed by atoms with Crippen molar-refractivity contribution in [3.05, 3.63) is 33.8 Å². The van der Waals surface area contributed by atoms with E-state index in [0.717, 1.165) is 6.07 Å². The van der Waals surface area contributed by atoms with Gasteiger partial charge < -0.3 is 19.5 Å². The molecule has 176 valence electrons. The number of rotatable bonds is 3. The second-order valence-electron chi connectivity index (χ2n) is 8.83. The summed E-state index contributed by atoms with van der Waals surface area (Å²) in [5.41, 5.74) is -2.20. The smallest absolute Gasteiger partial charge is 0.437 e. The van der Waals surface area contributed by atoms with E-state index in [1.807, 2.05) is 0 Å². The SMILES string of the molecule is COC[C@H]1C[C@H]2C(=O)N(C)/C(=N/C(=O)OC(C)(C)C)N[C@@]2(c2cc(Br)c(F)cc2F)CO1. The first kappa shape index (κ1) is 24.5. The summed E-state index contributed by atoms with van der Waals surface area (Å²) >= 11 is 3.08. The molecule has 3 rings (SSSR count). The van der Waals surface area contributed by atoms with E-state index in [4.69, 9.17) is 14.2 Å². The number of carbonyl (C=O) groups excluding carboxylic acids is 2. The summed E-state index contributed by atoms with van der Waals surface area (Å²) in [5, 5.41) is 3.04. The van der Waals surface area contributed by atoms with Gasteiger partial charge in [0.25, 0.3) is 0 Å². The maximum absolute atomic E-state index is 15.0. The molecule has 1 aromatic carbocycles. The van der Waals surface area contributed by atoms with Gasteiger partial charge in [-0.3, -0.25) is 9.69 Å². The third-order valence-electron chi connectivity index (χ3n) is 5.36. The lowest BCUT2D eigenvalue weighted by Crippen LogP contribution is -2.69. The number of benzene rings is 1. The minimum atomic E-state index is -1.42. The molecule has 0 saturated carbocycles. The zero-order chi connectivity index (χ0) is 23.8. The summed E-state index contributed by atoms with van der Waals surface area (Å²) < 4.78 is 45.3. The topological polar surface area (TPSA) is 89.5 Å². The predicted octanol–water partition coefficient (Wildman–Crippen LogP) is 3.33. The molecule has 1 aromatic rings. The van der Waals surface area contributed by atoms with Gasteiger partial charge in [-0.05, 0) is 49.2 Å². The average molecular weight is 518 g/mol. The molecule has 0 aromatic heterocycles. The maximum Gasteiger partial charge on any atom is 0.437 e. The van der Waals surface area contributed by atoms with E-state index in [1.165, 1.54) is 25.1 Å². The Morgan fingerprint density at radius 2 is 2.06 bits per heavy atom. The third kappa shape index (κ3) is 4.79. The Morgan fingerprint density at radius 1 is 1.38 bits per heavy atom. The third-order valence-corrected chi connectivity index (χ3v) is 5.96. The molecule has 0 unspecified atom stereocenters. The van der Waals surface area contributed by atoms with E-state index >= 15 is 4.39 Å². The number of amides is 2. The number of nitrogens with one attached hydrogen (secondary N) is 1. The molecule has 2 amide bonds. The van der Waals surface area contributed by atoms with Crippen molar-refractivity contribution < 1.29 is 32.6 Å². The highest BCUT2D eigenvalue weighted by molar-refractivity contribution is 9.10. The molecule has 8 nitrogen and oxygen atoms in total. The Bertz CT molecular complexity index is 952. The van der Waals surface area contributed by atoms with Crippen molar-refractivity contribution in [2.24, 2.45) is 10.9 Å². The molecule has 0 bridgehead atoms. The molecule has 0 spiro atoms. The number of guanidine groups is 1. The van der Waals surface area contributed by atoms with Crippen LogP contribution >= 0.6 is 15.9 Å². The summed E-state index contributed by atoms with van der Waals surface area (Å²) in [6, 6.07) is 2.01. The minimum absolute atomic E-state index is 0.0185. The molecular weight excluding hydrogens is 492 g/mol. The fraction of sp³-hybridized carbons (Fsp3) is 0.571. The molecule has 2 saturated heterocycles. The van der Waals surface area contributed by atoms with Gasteiger partial charge in [0.1, 0.15) is 22.8 Å². The van der Waals surface area contributed by atoms with Gasteiger partial charge in [-0.1, -0.05) is 0 Å². The average Bonchev–Trinajstić information content (AvgIpc) is 2.68. The lowest BCUT2D eigenvalue weighted by Gasteiger charge is -2.51. The van der Waals surface area contributed by atoms with Crippen molar-refractivity contribution in [3.8, 4) is 0 Å². The second kappa shape index (κ2) is 9.03. The number of hydrogen-bond donors (Lipinski definition) is 1. The molecule has 0 aliphatic carbocycles. The summed E-state index contributed by atoms with van der Waals surface area (Å²) in [4.78, 5) is 30.8. The summed E-state index contributed by atoms with van der Waals surface area (Å²) in [5.74, 6) is -2.93. The quantitative estimate of drug-likeness (QED) is 0.618. The number of fused-ring (bicyclic) bond motifs is 1. The van der Waals surface area contributed by atoms with Crippen LogP contribution < -0.4 is 5.32 Å². The molecular formula is C21H26BrF2N3O5. The van der Waals surface area contributed by atoms with Gasteiger partial charge in [0.05, 0.1) is 29.7 Å². The summed E-state index contributed by atoms with van der Waals surface area (Å²) in [6.07, 6.45) is -1.09. The van der Waals surface area contributed by atoms with Crippen LogP contribution in [0.15, 0.2) is 21.6 Å². The van der Waals surface area contributed by atoms with Gasteiger partial charge in [-0.25, -0.2) is 13.6 Å². The number of nitrogens with zero attached hydrogens (tertiary/aromatic N) is 2. The van der Waals surface area contributed by atoms with E-state index in [2.05, 4.69) is 26.2 Å². The molecule has 11 heteroatoms. The zero-order valence-electron chi connectivity index (χ0n) is 18.5. The standard InChI is InChI=1S/C21H26BrF2N3O5/c1-20(2,3)32-19(29)25-18-26-21(12-7-14(22)16(24)8-15(12)23)10-31-11(9-30-5)6-13(21)17(28)27(18)4/h7-8,11,13H,6,9-10H2,1-5H3,(H,25,26,29)/t11-,13+,21-/m1/s1. The highest BCUT2D eigenvalue weighted by Crippen LogP contribution is 2.43. The van der Waals surface area contributed by atoms with Gasteiger partial charge in [-0.2, -0.15) is 0 Å². The highest BCUT2D eigenvalue weighted by atomic mass is 79.9. The minimum Gasteiger partial charge on any atom is -0.442 e. The van der Waals surface area contributed by atoms with Gasteiger partial charge in [0.2, 0.25) is 11.9 Å². The van der Waals surface area contributed by atoms with Crippen molar-refractivity contribution >= 4 is 33.9 Å². The number of hydrogen-bond acceptors (Lipinski definition) is 5.